The largest absolute Gasteiger partial charge is 0.468 e. The van der Waals surface area contributed by atoms with Gasteiger partial charge in [-0.25, -0.2) is 0 Å². The second-order valence-electron chi connectivity index (χ2n) is 2.49. The summed E-state index contributed by atoms with van der Waals surface area (Å²) in [6, 6.07) is -0.873. The molecule has 0 aromatic heterocycles. The Morgan fingerprint density at radius 1 is 1.50 bits per heavy atom. The third-order valence-corrected chi connectivity index (χ3v) is 1.38. The Hall–Kier alpha value is -0.820. The van der Waals surface area contributed by atoms with Gasteiger partial charge in [0.05, 0.1) is 13.7 Å². The molecule has 0 amide bonds. The monoisotopic (exact) mass is 215 g/mol. The van der Waals surface area contributed by atoms with Gasteiger partial charge in [-0.2, -0.15) is 13.2 Å². The smallest absolute Gasteiger partial charge is 0.411 e. The number of alkyl halides is 3. The van der Waals surface area contributed by atoms with Gasteiger partial charge in [0, 0.05) is 0 Å². The Balaban J connectivity index is 3.80. The molecule has 0 bridgehead atoms. The predicted octanol–water partition coefficient (Wildman–Crippen LogP) is 0.326. The molecule has 0 fully saturated rings. The molecule has 0 aromatic rings. The van der Waals surface area contributed by atoms with Gasteiger partial charge < -0.3 is 14.8 Å². The van der Waals surface area contributed by atoms with Crippen molar-refractivity contribution in [3.05, 3.63) is 0 Å². The number of carbonyl (C=O) groups excluding carboxylic acids is 1. The molecule has 0 saturated carbocycles. The lowest BCUT2D eigenvalue weighted by atomic mass is 10.3. The molecule has 7 heteroatoms. The van der Waals surface area contributed by atoms with Crippen LogP contribution in [-0.4, -0.2) is 45.6 Å². The lowest BCUT2D eigenvalue weighted by Gasteiger charge is -2.14. The number of hydrogen-bond donors (Lipinski definition) is 1. The Morgan fingerprint density at radius 2 is 2.07 bits per heavy atom. The van der Waals surface area contributed by atoms with Crippen LogP contribution in [0.1, 0.15) is 0 Å². The summed E-state index contributed by atoms with van der Waals surface area (Å²) in [6.45, 7) is -1.75. The summed E-state index contributed by atoms with van der Waals surface area (Å²) in [5.74, 6) is -0.658. The first-order valence-electron chi connectivity index (χ1n) is 3.80. The van der Waals surface area contributed by atoms with Gasteiger partial charge in [0.2, 0.25) is 0 Å². The molecule has 1 atom stereocenters. The quantitative estimate of drug-likeness (QED) is 0.671. The van der Waals surface area contributed by atoms with Crippen LogP contribution in [0.5, 0.6) is 0 Å². The zero-order chi connectivity index (χ0) is 11.2. The van der Waals surface area contributed by atoms with Gasteiger partial charge in [-0.1, -0.05) is 0 Å². The van der Waals surface area contributed by atoms with Crippen LogP contribution in [0.25, 0.3) is 0 Å². The van der Waals surface area contributed by atoms with Gasteiger partial charge in [-0.15, -0.1) is 0 Å². The number of halogens is 3. The fourth-order valence-electron chi connectivity index (χ4n) is 0.704. The second kappa shape index (κ2) is 5.82. The highest BCUT2D eigenvalue weighted by molar-refractivity contribution is 5.75. The van der Waals surface area contributed by atoms with E-state index in [1.165, 1.54) is 7.05 Å². The van der Waals surface area contributed by atoms with Crippen LogP contribution < -0.4 is 5.32 Å². The molecule has 0 spiro atoms. The number of nitrogens with one attached hydrogen (secondary N) is 1. The third-order valence-electron chi connectivity index (χ3n) is 1.38. The minimum atomic E-state index is -4.38. The molecular formula is C7H12F3NO3. The maximum atomic E-state index is 11.6. The normalized spacial score (nSPS) is 13.8. The molecular weight excluding hydrogens is 203 g/mol. The highest BCUT2D eigenvalue weighted by Crippen LogP contribution is 2.14. The molecule has 0 aliphatic carbocycles. The van der Waals surface area contributed by atoms with Crippen LogP contribution in [0.3, 0.4) is 0 Å². The van der Waals surface area contributed by atoms with Crippen molar-refractivity contribution in [2.24, 2.45) is 0 Å². The van der Waals surface area contributed by atoms with Crippen molar-refractivity contribution in [1.82, 2.24) is 5.32 Å². The molecule has 0 aliphatic rings. The van der Waals surface area contributed by atoms with Gasteiger partial charge in [-0.05, 0) is 7.05 Å². The van der Waals surface area contributed by atoms with E-state index in [0.717, 1.165) is 7.11 Å². The maximum Gasteiger partial charge on any atom is 0.411 e. The van der Waals surface area contributed by atoms with Crippen molar-refractivity contribution in [2.45, 2.75) is 12.2 Å². The molecule has 0 saturated heterocycles. The number of carbonyl (C=O) groups is 1. The van der Waals surface area contributed by atoms with Crippen molar-refractivity contribution in [1.29, 1.82) is 0 Å². The molecule has 0 aliphatic heterocycles. The van der Waals surface area contributed by atoms with Crippen LogP contribution in [0.4, 0.5) is 13.2 Å². The van der Waals surface area contributed by atoms with E-state index in [2.05, 4.69) is 14.8 Å². The summed E-state index contributed by atoms with van der Waals surface area (Å²) < 4.78 is 43.5. The highest BCUT2D eigenvalue weighted by Gasteiger charge is 2.28. The van der Waals surface area contributed by atoms with Crippen LogP contribution in [0.15, 0.2) is 0 Å². The number of esters is 1. The van der Waals surface area contributed by atoms with Crippen LogP contribution in [0, 0.1) is 0 Å². The number of rotatable bonds is 5. The molecule has 1 unspecified atom stereocenters. The lowest BCUT2D eigenvalue weighted by Crippen LogP contribution is -2.40. The molecule has 0 aromatic carbocycles. The number of likely N-dealkylation sites (N-methyl/N-ethyl adjacent to an activating group) is 1. The highest BCUT2D eigenvalue weighted by atomic mass is 19.4. The second-order valence-corrected chi connectivity index (χ2v) is 2.49. The Labute approximate surface area is 79.4 Å². The molecule has 84 valence electrons. The van der Waals surface area contributed by atoms with Crippen molar-refractivity contribution in [3.63, 3.8) is 0 Å². The summed E-state index contributed by atoms with van der Waals surface area (Å²) in [5, 5.41) is 2.47. The van der Waals surface area contributed by atoms with Gasteiger partial charge >= 0.3 is 12.1 Å². The van der Waals surface area contributed by atoms with Crippen LogP contribution in [-0.2, 0) is 14.3 Å². The van der Waals surface area contributed by atoms with Crippen LogP contribution in [0.2, 0.25) is 0 Å². The van der Waals surface area contributed by atoms with E-state index in [-0.39, 0.29) is 6.61 Å². The molecule has 4 nitrogen and oxygen atoms in total. The van der Waals surface area contributed by atoms with Crippen molar-refractivity contribution < 1.29 is 27.4 Å². The fraction of sp³-hybridized carbons (Fsp3) is 0.857. The summed E-state index contributed by atoms with van der Waals surface area (Å²) in [5.41, 5.74) is 0. The average molecular weight is 215 g/mol. The molecule has 14 heavy (non-hydrogen) atoms. The molecule has 0 rings (SSSR count). The van der Waals surface area contributed by atoms with Crippen LogP contribution >= 0.6 is 0 Å². The SMILES string of the molecule is CNC(COCC(F)(F)F)C(=O)OC. The zero-order valence-electron chi connectivity index (χ0n) is 7.85. The Kier molecular flexibility index (Phi) is 5.47. The van der Waals surface area contributed by atoms with E-state index in [1.54, 1.807) is 0 Å². The van der Waals surface area contributed by atoms with Gasteiger partial charge in [0.1, 0.15) is 12.6 Å². The lowest BCUT2D eigenvalue weighted by molar-refractivity contribution is -0.178. The standard InChI is InChI=1S/C7H12F3NO3/c1-11-5(6(12)13-2)3-14-4-7(8,9)10/h5,11H,3-4H2,1-2H3. The fourth-order valence-corrected chi connectivity index (χ4v) is 0.704. The minimum Gasteiger partial charge on any atom is -0.468 e. The summed E-state index contributed by atoms with van der Waals surface area (Å²) in [6.07, 6.45) is -4.38. The van der Waals surface area contributed by atoms with E-state index in [0.29, 0.717) is 0 Å². The first-order valence-corrected chi connectivity index (χ1v) is 3.80. The Morgan fingerprint density at radius 3 is 2.43 bits per heavy atom. The minimum absolute atomic E-state index is 0.372. The van der Waals surface area contributed by atoms with E-state index in [4.69, 9.17) is 0 Å². The Bertz CT molecular complexity index is 184. The van der Waals surface area contributed by atoms with E-state index >= 15 is 0 Å². The summed E-state index contributed by atoms with van der Waals surface area (Å²) in [4.78, 5) is 10.9. The first kappa shape index (κ1) is 13.2. The van der Waals surface area contributed by atoms with Gasteiger partial charge in [-0.3, -0.25) is 4.79 Å². The molecule has 0 radical (unpaired) electrons. The van der Waals surface area contributed by atoms with E-state index in [9.17, 15) is 18.0 Å². The molecule has 0 heterocycles. The first-order chi connectivity index (χ1) is 6.40. The topological polar surface area (TPSA) is 47.6 Å². The number of methoxy groups -OCH3 is 1. The van der Waals surface area contributed by atoms with Gasteiger partial charge in [0.15, 0.2) is 0 Å². The van der Waals surface area contributed by atoms with Gasteiger partial charge in [0.25, 0.3) is 0 Å². The van der Waals surface area contributed by atoms with Crippen molar-refractivity contribution in [3.8, 4) is 0 Å². The van der Waals surface area contributed by atoms with E-state index in [1.807, 2.05) is 0 Å². The molecule has 1 N–H and O–H groups in total. The zero-order valence-corrected chi connectivity index (χ0v) is 7.85. The maximum absolute atomic E-state index is 11.6. The van der Waals surface area contributed by atoms with E-state index < -0.39 is 24.8 Å². The average Bonchev–Trinajstić information content (AvgIpc) is 2.09. The number of ether oxygens (including phenoxy) is 2. The third kappa shape index (κ3) is 5.76. The summed E-state index contributed by atoms with van der Waals surface area (Å²) in [7, 11) is 2.58. The summed E-state index contributed by atoms with van der Waals surface area (Å²) >= 11 is 0. The van der Waals surface area contributed by atoms with Crippen molar-refractivity contribution >= 4 is 5.97 Å². The predicted molar refractivity (Wildman–Crippen MR) is 41.7 cm³/mol. The van der Waals surface area contributed by atoms with Crippen molar-refractivity contribution in [2.75, 3.05) is 27.4 Å². The number of hydrogen-bond acceptors (Lipinski definition) is 4.